The van der Waals surface area contributed by atoms with Crippen molar-refractivity contribution in [3.63, 3.8) is 0 Å². The Labute approximate surface area is 643 Å². The number of hydrogen-bond donors (Lipinski definition) is 6. The number of hydrogen-bond acceptors (Lipinski definition) is 28. The van der Waals surface area contributed by atoms with Crippen LogP contribution >= 0.6 is 23.5 Å². The summed E-state index contributed by atoms with van der Waals surface area (Å²) in [5, 5.41) is 105. The highest BCUT2D eigenvalue weighted by Gasteiger charge is 2.36. The molecule has 558 valence electrons. The second-order valence-corrected chi connectivity index (χ2v) is 24.1. The van der Waals surface area contributed by atoms with E-state index in [-0.39, 0.29) is 88.9 Å². The first kappa shape index (κ1) is 80.0. The van der Waals surface area contributed by atoms with E-state index in [0.29, 0.717) is 45.8 Å². The number of thioether (sulfide) groups is 2. The third-order valence-electron chi connectivity index (χ3n) is 14.7. The summed E-state index contributed by atoms with van der Waals surface area (Å²) in [6.45, 7) is 0. The largest absolute Gasteiger partial charge is 0.874 e. The summed E-state index contributed by atoms with van der Waals surface area (Å²) < 4.78 is 108. The minimum absolute atomic E-state index is 0.0386. The van der Waals surface area contributed by atoms with Gasteiger partial charge in [0.15, 0.2) is 21.5 Å². The number of benzene rings is 10. The summed E-state index contributed by atoms with van der Waals surface area (Å²) in [6.07, 6.45) is 0. The quantitative estimate of drug-likeness (QED) is 0.00409. The number of aromatic carboxylic acids is 2. The molecule has 0 saturated heterocycles. The molecule has 0 aliphatic heterocycles. The standard InChI is InChI=1S/C74H54B4F4N12O16S2/c79-75(103-87-63(51-31-13-3-14-32-51)61(83-99)49-27-9-1-10-28-49)105-89-65(53-35-17-5-18-36-53)67(55-39-21-7-22-40-55)91-107-77(81)109-93-69(71(85-101)111-59-45-25-43-57(47-59)73(95)96)70(72(86-102)112-60-46-26-44-58(48-60)74(97)98)94-110-78(82)108-92-68(56-41-23-8-24-42-56)66(54-37-19-6-20-38-54)90-106-76(80)104-88-64(52-33-15-4-16-34-52)62(84-100)50-29-11-2-12-30-50/h1-48,99-102H,(H,95,96)(H,97,98)/b83-61+,84-62+,85-71-,86-72-,87-63+,88-64+,89-65+,90-66+,91-67+,92-68+,93-69+,94-70+. The topological polar surface area (TPSA) is 378 Å². The fraction of sp³-hybridized carbons (Fsp3) is 0. The van der Waals surface area contributed by atoms with Crippen molar-refractivity contribution < 1.29 is 95.9 Å². The van der Waals surface area contributed by atoms with Crippen molar-refractivity contribution in [2.75, 3.05) is 0 Å². The number of oxime groups is 12. The van der Waals surface area contributed by atoms with Gasteiger partial charge in [0.05, 0.1) is 11.1 Å². The van der Waals surface area contributed by atoms with Gasteiger partial charge in [0.2, 0.25) is 0 Å². The van der Waals surface area contributed by atoms with Gasteiger partial charge in [0, 0.05) is 54.3 Å². The number of carboxylic acid groups (broad SMARTS) is 2. The maximum absolute atomic E-state index is 16.9. The maximum atomic E-state index is 16.9. The third-order valence-corrected chi connectivity index (χ3v) is 16.6. The van der Waals surface area contributed by atoms with Crippen LogP contribution in [-0.2, 0) is 38.0 Å². The van der Waals surface area contributed by atoms with Gasteiger partial charge >= 0.3 is 41.5 Å². The first-order valence-corrected chi connectivity index (χ1v) is 34.2. The molecule has 10 aromatic carbocycles. The van der Waals surface area contributed by atoms with E-state index in [1.54, 1.807) is 194 Å². The molecule has 0 atom stereocenters. The monoisotopic (exact) mass is 1550 g/mol. The Morgan fingerprint density at radius 2 is 0.438 bits per heavy atom. The van der Waals surface area contributed by atoms with Gasteiger partial charge in [-0.2, -0.15) is 0 Å². The molecule has 0 amide bonds. The van der Waals surface area contributed by atoms with Crippen LogP contribution in [0.3, 0.4) is 0 Å². The molecule has 0 aliphatic rings. The van der Waals surface area contributed by atoms with Crippen LogP contribution in [0.4, 0.5) is 17.3 Å². The van der Waals surface area contributed by atoms with Gasteiger partial charge in [-0.25, -0.2) is 26.9 Å². The molecule has 6 N–H and O–H groups in total. The lowest BCUT2D eigenvalue weighted by Gasteiger charge is -2.14. The predicted molar refractivity (Wildman–Crippen MR) is 415 cm³/mol. The number of carboxylic acids is 2. The van der Waals surface area contributed by atoms with Crippen LogP contribution in [0.25, 0.3) is 0 Å². The van der Waals surface area contributed by atoms with Crippen molar-refractivity contribution in [3.8, 4) is 0 Å². The van der Waals surface area contributed by atoms with Crippen molar-refractivity contribution in [3.05, 3.63) is 347 Å². The molecule has 0 bridgehead atoms. The van der Waals surface area contributed by atoms with E-state index in [0.717, 1.165) is 12.1 Å². The first-order valence-electron chi connectivity index (χ1n) is 32.6. The molecule has 112 heavy (non-hydrogen) atoms. The van der Waals surface area contributed by atoms with Crippen LogP contribution in [0.5, 0.6) is 0 Å². The maximum Gasteiger partial charge on any atom is 0.874 e. The highest BCUT2D eigenvalue weighted by Crippen LogP contribution is 2.28. The number of nitrogens with zero attached hydrogens (tertiary/aromatic N) is 12. The zero-order valence-corrected chi connectivity index (χ0v) is 59.1. The summed E-state index contributed by atoms with van der Waals surface area (Å²) in [5.41, 5.74) is -2.66. The van der Waals surface area contributed by atoms with Crippen LogP contribution in [-0.4, -0.2) is 140 Å². The molecule has 0 spiro atoms. The van der Waals surface area contributed by atoms with Crippen molar-refractivity contribution in [2.45, 2.75) is 9.79 Å². The Hall–Kier alpha value is -14.5. The van der Waals surface area contributed by atoms with Gasteiger partial charge < -0.3 is 69.1 Å². The van der Waals surface area contributed by atoms with Crippen molar-refractivity contribution in [1.29, 1.82) is 0 Å². The molecule has 0 saturated carbocycles. The van der Waals surface area contributed by atoms with Crippen LogP contribution < -0.4 is 0 Å². The van der Waals surface area contributed by atoms with Gasteiger partial charge in [-0.05, 0) is 36.4 Å². The van der Waals surface area contributed by atoms with Crippen LogP contribution in [0.2, 0.25) is 0 Å². The molecule has 0 aliphatic carbocycles. The lowest BCUT2D eigenvalue weighted by molar-refractivity contribution is 0.0685. The van der Waals surface area contributed by atoms with E-state index in [2.05, 4.69) is 61.9 Å². The van der Waals surface area contributed by atoms with Gasteiger partial charge in [0.25, 0.3) is 0 Å². The summed E-state index contributed by atoms with van der Waals surface area (Å²) >= 11 is 0.773. The molecule has 0 aromatic heterocycles. The number of rotatable bonds is 35. The van der Waals surface area contributed by atoms with Gasteiger partial charge in [-0.3, -0.25) is 0 Å². The van der Waals surface area contributed by atoms with E-state index < -0.39 is 63.0 Å². The lowest BCUT2D eigenvalue weighted by Crippen LogP contribution is -2.31. The molecular weight excluding hydrogens is 1500 g/mol. The second kappa shape index (κ2) is 41.5. The highest BCUT2D eigenvalue weighted by atomic mass is 32.2. The fourth-order valence-electron chi connectivity index (χ4n) is 9.69. The summed E-state index contributed by atoms with van der Waals surface area (Å²) in [6, 6.07) is 73.7. The highest BCUT2D eigenvalue weighted by molar-refractivity contribution is 8.17. The predicted octanol–water partition coefficient (Wildman–Crippen LogP) is 14.4. The Balaban J connectivity index is 1.01. The van der Waals surface area contributed by atoms with Crippen molar-refractivity contribution in [1.82, 2.24) is 0 Å². The van der Waals surface area contributed by atoms with E-state index in [4.69, 9.17) is 38.0 Å². The van der Waals surface area contributed by atoms with Crippen molar-refractivity contribution >= 4 is 132 Å². The zero-order chi connectivity index (χ0) is 78.8. The Morgan fingerprint density at radius 1 is 0.250 bits per heavy atom. The van der Waals surface area contributed by atoms with Crippen LogP contribution in [0.1, 0.15) is 65.2 Å². The zero-order valence-electron chi connectivity index (χ0n) is 57.5. The van der Waals surface area contributed by atoms with E-state index >= 15 is 17.3 Å². The SMILES string of the molecule is O=C(O)c1cccc(SC(=N\O)/C(=N/OB(F)O/N=C(/C(=N/OB(F)O/N=C(/C(=N/O)c2ccccc2)c2ccccc2)c2ccccc2)c2ccccc2)C(=N\OB(F)O/N=C(/C(=N/OB(F)O/N=C(/C(=N/O)c2ccccc2)c2ccccc2)c2ccccc2)c2ccccc2)/C(=N/O)Sc2cccc(C(=O)O)c2)c1. The van der Waals surface area contributed by atoms with Crippen LogP contribution in [0, 0.1) is 0 Å². The molecule has 0 radical (unpaired) electrons. The molecule has 28 nitrogen and oxygen atoms in total. The Morgan fingerprint density at radius 3 is 0.634 bits per heavy atom. The van der Waals surface area contributed by atoms with E-state index in [9.17, 15) is 40.6 Å². The molecule has 38 heteroatoms. The van der Waals surface area contributed by atoms with E-state index in [1.807, 2.05) is 0 Å². The smallest absolute Gasteiger partial charge is 0.478 e. The fourth-order valence-corrected chi connectivity index (χ4v) is 11.3. The van der Waals surface area contributed by atoms with Gasteiger partial charge in [-0.1, -0.05) is 340 Å². The normalized spacial score (nSPS) is 12.9. The molecule has 10 rings (SSSR count). The summed E-state index contributed by atoms with van der Waals surface area (Å²) in [5.74, 6) is -2.82. The summed E-state index contributed by atoms with van der Waals surface area (Å²) in [7, 11) is -12.0. The second-order valence-electron chi connectivity index (χ2n) is 22.0. The van der Waals surface area contributed by atoms with Gasteiger partial charge in [-0.15, -0.1) is 0 Å². The van der Waals surface area contributed by atoms with Crippen molar-refractivity contribution in [2.24, 2.45) is 61.9 Å². The number of carbonyl (C=O) groups is 2. The average Bonchev–Trinajstić information content (AvgIpc) is 0.816. The van der Waals surface area contributed by atoms with Crippen LogP contribution in [0.15, 0.2) is 363 Å². The van der Waals surface area contributed by atoms with Gasteiger partial charge in [0.1, 0.15) is 45.7 Å². The summed E-state index contributed by atoms with van der Waals surface area (Å²) in [4.78, 5) is 24.4. The molecular formula is C74H54B4F4N12O16S2. The minimum atomic E-state index is -3.20. The molecule has 0 heterocycles. The molecule has 10 aromatic rings. The third kappa shape index (κ3) is 22.8. The Bertz CT molecular complexity index is 4910. The minimum Gasteiger partial charge on any atom is -0.478 e. The first-order chi connectivity index (χ1) is 54.7. The lowest BCUT2D eigenvalue weighted by atomic mass is 10.00. The molecule has 0 unspecified atom stereocenters. The average molecular weight is 1550 g/mol. The number of halogens is 4. The Kier molecular flexibility index (Phi) is 29.7. The molecule has 0 fully saturated rings. The van der Waals surface area contributed by atoms with E-state index in [1.165, 1.54) is 84.9 Å².